The fourth-order valence-corrected chi connectivity index (χ4v) is 4.71. The fourth-order valence-electron chi connectivity index (χ4n) is 2.25. The molecule has 0 fully saturated rings. The van der Waals surface area contributed by atoms with E-state index in [2.05, 4.69) is 0 Å². The molecule has 0 unspecified atom stereocenters. The van der Waals surface area contributed by atoms with Gasteiger partial charge in [-0.15, -0.1) is 22.7 Å². The lowest BCUT2D eigenvalue weighted by molar-refractivity contribution is 0.281. The van der Waals surface area contributed by atoms with Crippen LogP contribution in [0, 0.1) is 0 Å². The summed E-state index contributed by atoms with van der Waals surface area (Å²) in [7, 11) is 0. The standard InChI is InChI=1S/C14H10Cl4O4S2/c15-13(16)3-19-7-1-23-11(9(7)21-5-13)12-10-8(2-24-12)20-4-14(17,18)6-22-10/h1-2H,3-6H2. The van der Waals surface area contributed by atoms with E-state index in [4.69, 9.17) is 65.4 Å². The van der Waals surface area contributed by atoms with Gasteiger partial charge in [-0.2, -0.15) is 0 Å². The summed E-state index contributed by atoms with van der Waals surface area (Å²) >= 11 is 27.4. The normalized spacial score (nSPS) is 21.0. The van der Waals surface area contributed by atoms with Crippen molar-refractivity contribution in [3.63, 3.8) is 0 Å². The Kier molecular flexibility index (Phi) is 4.43. The smallest absolute Gasteiger partial charge is 0.185 e. The molecule has 2 aliphatic rings. The lowest BCUT2D eigenvalue weighted by Gasteiger charge is -2.15. The Morgan fingerprint density at radius 2 is 1.04 bits per heavy atom. The molecule has 2 aromatic heterocycles. The largest absolute Gasteiger partial charge is 0.486 e. The Balaban J connectivity index is 1.70. The van der Waals surface area contributed by atoms with Crippen molar-refractivity contribution < 1.29 is 18.9 Å². The molecule has 0 saturated carbocycles. The van der Waals surface area contributed by atoms with Gasteiger partial charge in [0, 0.05) is 10.8 Å². The van der Waals surface area contributed by atoms with E-state index in [1.54, 1.807) is 0 Å². The van der Waals surface area contributed by atoms with Crippen LogP contribution in [-0.4, -0.2) is 35.1 Å². The van der Waals surface area contributed by atoms with Crippen molar-refractivity contribution in [3.05, 3.63) is 10.8 Å². The first kappa shape index (κ1) is 17.2. The molecule has 0 aliphatic carbocycles. The summed E-state index contributed by atoms with van der Waals surface area (Å²) in [6.07, 6.45) is 0. The van der Waals surface area contributed by atoms with Crippen LogP contribution in [0.25, 0.3) is 9.75 Å². The SMILES string of the molecule is ClC1(Cl)COc2csc(-c3scc4c3OCC(Cl)(Cl)CO4)c2OC1. The number of fused-ring (bicyclic) bond motifs is 2. The van der Waals surface area contributed by atoms with E-state index < -0.39 is 8.67 Å². The summed E-state index contributed by atoms with van der Waals surface area (Å²) in [6, 6.07) is 0. The number of hydrogen-bond acceptors (Lipinski definition) is 6. The van der Waals surface area contributed by atoms with Crippen LogP contribution >= 0.6 is 69.1 Å². The first-order valence-corrected chi connectivity index (χ1v) is 10.1. The molecule has 0 bridgehead atoms. The molecule has 0 spiro atoms. The molecule has 10 heteroatoms. The minimum absolute atomic E-state index is 0.129. The van der Waals surface area contributed by atoms with Crippen molar-refractivity contribution >= 4 is 69.1 Å². The van der Waals surface area contributed by atoms with Gasteiger partial charge in [0.15, 0.2) is 31.7 Å². The zero-order chi connectivity index (χ0) is 16.9. The van der Waals surface area contributed by atoms with Crippen molar-refractivity contribution in [1.29, 1.82) is 0 Å². The lowest BCUT2D eigenvalue weighted by atomic mass is 10.3. The monoisotopic (exact) mass is 446 g/mol. The van der Waals surface area contributed by atoms with Gasteiger partial charge < -0.3 is 18.9 Å². The molecule has 2 aromatic rings. The third-order valence-electron chi connectivity index (χ3n) is 3.37. The van der Waals surface area contributed by atoms with Crippen LogP contribution in [-0.2, 0) is 0 Å². The molecular weight excluding hydrogens is 438 g/mol. The molecule has 0 atom stereocenters. The molecule has 24 heavy (non-hydrogen) atoms. The van der Waals surface area contributed by atoms with Crippen LogP contribution in [0.3, 0.4) is 0 Å². The quantitative estimate of drug-likeness (QED) is 0.551. The molecule has 130 valence electrons. The number of halogens is 4. The van der Waals surface area contributed by atoms with Crippen molar-refractivity contribution in [2.75, 3.05) is 26.4 Å². The van der Waals surface area contributed by atoms with E-state index in [9.17, 15) is 0 Å². The zero-order valence-electron chi connectivity index (χ0n) is 11.9. The summed E-state index contributed by atoms with van der Waals surface area (Å²) in [5.74, 6) is 2.42. The first-order valence-electron chi connectivity index (χ1n) is 6.85. The second-order valence-electron chi connectivity index (χ2n) is 5.38. The molecule has 4 nitrogen and oxygen atoms in total. The van der Waals surface area contributed by atoms with Crippen molar-refractivity contribution in [1.82, 2.24) is 0 Å². The van der Waals surface area contributed by atoms with Crippen LogP contribution in [0.5, 0.6) is 23.0 Å². The van der Waals surface area contributed by atoms with E-state index in [0.717, 1.165) is 9.75 Å². The second kappa shape index (κ2) is 6.18. The van der Waals surface area contributed by atoms with Crippen LogP contribution in [0.2, 0.25) is 0 Å². The number of thiophene rings is 2. The Hall–Kier alpha value is -0.240. The van der Waals surface area contributed by atoms with E-state index in [1.165, 1.54) is 22.7 Å². The summed E-state index contributed by atoms with van der Waals surface area (Å²) in [5, 5.41) is 3.72. The first-order chi connectivity index (χ1) is 11.3. The third kappa shape index (κ3) is 3.24. The fraction of sp³-hybridized carbons (Fsp3) is 0.429. The molecule has 4 heterocycles. The van der Waals surface area contributed by atoms with Crippen molar-refractivity contribution in [2.24, 2.45) is 0 Å². The summed E-state index contributed by atoms with van der Waals surface area (Å²) < 4.78 is 20.7. The Labute approximate surface area is 166 Å². The molecule has 0 saturated heterocycles. The van der Waals surface area contributed by atoms with Gasteiger partial charge in [-0.1, -0.05) is 46.4 Å². The molecule has 0 amide bonds. The second-order valence-corrected chi connectivity index (χ2v) is 10.4. The summed E-state index contributed by atoms with van der Waals surface area (Å²) in [5.41, 5.74) is 0. The van der Waals surface area contributed by atoms with Crippen LogP contribution in [0.4, 0.5) is 0 Å². The Morgan fingerprint density at radius 3 is 1.46 bits per heavy atom. The van der Waals surface area contributed by atoms with Crippen molar-refractivity contribution in [2.45, 2.75) is 8.67 Å². The van der Waals surface area contributed by atoms with Gasteiger partial charge in [0.2, 0.25) is 0 Å². The highest BCUT2D eigenvalue weighted by molar-refractivity contribution is 7.21. The summed E-state index contributed by atoms with van der Waals surface area (Å²) in [6.45, 7) is 0.569. The van der Waals surface area contributed by atoms with Gasteiger partial charge in [-0.05, 0) is 0 Å². The maximum atomic E-state index is 6.12. The minimum Gasteiger partial charge on any atom is -0.486 e. The Bertz CT molecular complexity index is 707. The highest BCUT2D eigenvalue weighted by Gasteiger charge is 2.36. The predicted octanol–water partition coefficient (Wildman–Crippen LogP) is 5.37. The highest BCUT2D eigenvalue weighted by Crippen LogP contribution is 2.54. The third-order valence-corrected chi connectivity index (χ3v) is 6.28. The van der Waals surface area contributed by atoms with Gasteiger partial charge in [-0.25, -0.2) is 0 Å². The van der Waals surface area contributed by atoms with E-state index >= 15 is 0 Å². The summed E-state index contributed by atoms with van der Waals surface area (Å²) in [4.78, 5) is 1.73. The van der Waals surface area contributed by atoms with E-state index in [-0.39, 0.29) is 26.4 Å². The molecule has 2 aliphatic heterocycles. The van der Waals surface area contributed by atoms with Crippen LogP contribution in [0.1, 0.15) is 0 Å². The van der Waals surface area contributed by atoms with E-state index in [1.807, 2.05) is 10.8 Å². The number of hydrogen-bond donors (Lipinski definition) is 0. The number of alkyl halides is 4. The number of ether oxygens (including phenoxy) is 4. The van der Waals surface area contributed by atoms with E-state index in [0.29, 0.717) is 23.0 Å². The molecule has 0 N–H and O–H groups in total. The maximum absolute atomic E-state index is 6.12. The number of rotatable bonds is 1. The van der Waals surface area contributed by atoms with Gasteiger partial charge in [0.1, 0.15) is 26.4 Å². The van der Waals surface area contributed by atoms with Gasteiger partial charge in [0.25, 0.3) is 0 Å². The topological polar surface area (TPSA) is 36.9 Å². The average Bonchev–Trinajstić information content (AvgIpc) is 3.02. The average molecular weight is 448 g/mol. The maximum Gasteiger partial charge on any atom is 0.185 e. The highest BCUT2D eigenvalue weighted by atomic mass is 35.5. The molecule has 0 aromatic carbocycles. The van der Waals surface area contributed by atoms with Gasteiger partial charge in [0.05, 0.1) is 9.75 Å². The minimum atomic E-state index is -1.09. The lowest BCUT2D eigenvalue weighted by Crippen LogP contribution is -2.28. The Morgan fingerprint density at radius 1 is 0.667 bits per heavy atom. The van der Waals surface area contributed by atoms with Crippen molar-refractivity contribution in [3.8, 4) is 32.8 Å². The predicted molar refractivity (Wildman–Crippen MR) is 98.5 cm³/mol. The molecule has 4 rings (SSSR count). The molecule has 0 radical (unpaired) electrons. The van der Waals surface area contributed by atoms with Crippen LogP contribution in [0.15, 0.2) is 10.8 Å². The van der Waals surface area contributed by atoms with Gasteiger partial charge in [-0.3, -0.25) is 0 Å². The van der Waals surface area contributed by atoms with Crippen LogP contribution < -0.4 is 18.9 Å². The van der Waals surface area contributed by atoms with Gasteiger partial charge >= 0.3 is 0 Å². The zero-order valence-corrected chi connectivity index (χ0v) is 16.6. The molecular formula is C14H10Cl4O4S2.